The third-order valence-electron chi connectivity index (χ3n) is 6.66. The van der Waals surface area contributed by atoms with Gasteiger partial charge in [0.05, 0.1) is 11.4 Å². The van der Waals surface area contributed by atoms with E-state index in [0.29, 0.717) is 11.4 Å². The molecule has 3 aliphatic rings. The molecule has 158 valence electrons. The molecule has 0 radical (unpaired) electrons. The van der Waals surface area contributed by atoms with E-state index in [-0.39, 0.29) is 5.91 Å². The van der Waals surface area contributed by atoms with Crippen LogP contribution in [-0.4, -0.2) is 24.4 Å². The summed E-state index contributed by atoms with van der Waals surface area (Å²) in [5.41, 5.74) is 9.38. The summed E-state index contributed by atoms with van der Waals surface area (Å²) in [5.74, 6) is 2.87. The molecule has 0 spiro atoms. The van der Waals surface area contributed by atoms with E-state index >= 15 is 0 Å². The second-order valence-corrected chi connectivity index (χ2v) is 9.22. The summed E-state index contributed by atoms with van der Waals surface area (Å²) >= 11 is 0. The number of nitrogens with zero attached hydrogens (tertiary/aromatic N) is 1. The van der Waals surface area contributed by atoms with Crippen molar-refractivity contribution in [1.29, 1.82) is 0 Å². The smallest absolute Gasteiger partial charge is 0.248 e. The summed E-state index contributed by atoms with van der Waals surface area (Å²) in [6, 6.07) is 15.7. The van der Waals surface area contributed by atoms with E-state index in [9.17, 15) is 4.79 Å². The van der Waals surface area contributed by atoms with Gasteiger partial charge in [-0.05, 0) is 92.8 Å². The van der Waals surface area contributed by atoms with E-state index in [4.69, 9.17) is 5.73 Å². The van der Waals surface area contributed by atoms with Crippen LogP contribution in [0.25, 0.3) is 6.08 Å². The first kappa shape index (κ1) is 20.7. The normalized spacial score (nSPS) is 22.8. The van der Waals surface area contributed by atoms with Gasteiger partial charge in [0.2, 0.25) is 5.91 Å². The van der Waals surface area contributed by atoms with Gasteiger partial charge in [-0.15, -0.1) is 0 Å². The average molecular weight is 404 g/mol. The third-order valence-corrected chi connectivity index (χ3v) is 6.66. The number of nitrogen functional groups attached to an aromatic ring is 1. The Balaban J connectivity index is 1.21. The highest BCUT2D eigenvalue weighted by Crippen LogP contribution is 2.48. The van der Waals surface area contributed by atoms with Gasteiger partial charge in [0.25, 0.3) is 0 Å². The largest absolute Gasteiger partial charge is 0.397 e. The SMILES string of the molecule is CN(CCC1CC2CC(C1)C2)Cc1ccc(/C=C/C(=O)Nc2ccccc2N)cc1. The number of carbonyl (C=O) groups is 1. The summed E-state index contributed by atoms with van der Waals surface area (Å²) in [6.45, 7) is 2.14. The van der Waals surface area contributed by atoms with Crippen molar-refractivity contribution in [2.75, 3.05) is 24.6 Å². The molecule has 0 saturated heterocycles. The maximum atomic E-state index is 12.1. The maximum Gasteiger partial charge on any atom is 0.248 e. The molecule has 4 heteroatoms. The first-order valence-corrected chi connectivity index (χ1v) is 11.2. The topological polar surface area (TPSA) is 58.4 Å². The van der Waals surface area contributed by atoms with Gasteiger partial charge in [-0.3, -0.25) is 4.79 Å². The molecule has 3 saturated carbocycles. The quantitative estimate of drug-likeness (QED) is 0.472. The van der Waals surface area contributed by atoms with Crippen LogP contribution < -0.4 is 11.1 Å². The number of amides is 1. The van der Waals surface area contributed by atoms with Crippen LogP contribution in [0, 0.1) is 17.8 Å². The number of nitrogens with one attached hydrogen (secondary N) is 1. The lowest BCUT2D eigenvalue weighted by Gasteiger charge is -2.45. The van der Waals surface area contributed by atoms with Crippen LogP contribution in [0.4, 0.5) is 11.4 Å². The molecular formula is C26H33N3O. The molecule has 3 fully saturated rings. The van der Waals surface area contributed by atoms with Gasteiger partial charge in [0, 0.05) is 12.6 Å². The lowest BCUT2D eigenvalue weighted by Crippen LogP contribution is -2.35. The maximum absolute atomic E-state index is 12.1. The van der Waals surface area contributed by atoms with Gasteiger partial charge in [0.15, 0.2) is 0 Å². The van der Waals surface area contributed by atoms with Crippen LogP contribution in [0.2, 0.25) is 0 Å². The number of nitrogens with two attached hydrogens (primary N) is 1. The highest BCUT2D eigenvalue weighted by Gasteiger charge is 2.37. The minimum absolute atomic E-state index is 0.183. The Hall–Kier alpha value is -2.59. The van der Waals surface area contributed by atoms with E-state index in [0.717, 1.165) is 29.9 Å². The summed E-state index contributed by atoms with van der Waals surface area (Å²) < 4.78 is 0. The predicted molar refractivity (Wildman–Crippen MR) is 125 cm³/mol. The van der Waals surface area contributed by atoms with Crippen molar-refractivity contribution in [3.8, 4) is 0 Å². The molecule has 0 unspecified atom stereocenters. The molecule has 2 bridgehead atoms. The molecule has 0 heterocycles. The van der Waals surface area contributed by atoms with Gasteiger partial charge < -0.3 is 16.0 Å². The summed E-state index contributed by atoms with van der Waals surface area (Å²) in [5, 5.41) is 2.81. The number of para-hydroxylation sites is 2. The summed E-state index contributed by atoms with van der Waals surface area (Å²) in [6.07, 6.45) is 10.7. The molecule has 0 aliphatic heterocycles. The minimum Gasteiger partial charge on any atom is -0.397 e. The molecule has 0 aromatic heterocycles. The first-order chi connectivity index (χ1) is 14.5. The van der Waals surface area contributed by atoms with E-state index in [1.54, 1.807) is 18.2 Å². The minimum atomic E-state index is -0.183. The van der Waals surface area contributed by atoms with E-state index < -0.39 is 0 Å². The Bertz CT molecular complexity index is 873. The number of anilines is 2. The van der Waals surface area contributed by atoms with Crippen molar-refractivity contribution in [2.24, 2.45) is 17.8 Å². The molecular weight excluding hydrogens is 370 g/mol. The number of hydrogen-bond acceptors (Lipinski definition) is 3. The molecule has 4 nitrogen and oxygen atoms in total. The Morgan fingerprint density at radius 2 is 1.77 bits per heavy atom. The van der Waals surface area contributed by atoms with Gasteiger partial charge in [-0.2, -0.15) is 0 Å². The molecule has 30 heavy (non-hydrogen) atoms. The zero-order valence-electron chi connectivity index (χ0n) is 17.9. The van der Waals surface area contributed by atoms with Crippen molar-refractivity contribution in [3.63, 3.8) is 0 Å². The Morgan fingerprint density at radius 3 is 2.47 bits per heavy atom. The number of hydrogen-bond donors (Lipinski definition) is 2. The number of benzene rings is 2. The number of carbonyl (C=O) groups excluding carboxylic acids is 1. The second kappa shape index (κ2) is 9.48. The van der Waals surface area contributed by atoms with Gasteiger partial charge >= 0.3 is 0 Å². The van der Waals surface area contributed by atoms with Crippen molar-refractivity contribution < 1.29 is 4.79 Å². The van der Waals surface area contributed by atoms with Gasteiger partial charge in [0.1, 0.15) is 0 Å². The number of rotatable bonds is 8. The predicted octanol–water partition coefficient (Wildman–Crippen LogP) is 5.18. The molecule has 2 aromatic carbocycles. The first-order valence-electron chi connectivity index (χ1n) is 11.2. The second-order valence-electron chi connectivity index (χ2n) is 9.22. The van der Waals surface area contributed by atoms with Crippen LogP contribution in [0.15, 0.2) is 54.6 Å². The zero-order chi connectivity index (χ0) is 20.9. The molecule has 2 aromatic rings. The van der Waals surface area contributed by atoms with Crippen LogP contribution in [0.1, 0.15) is 43.2 Å². The highest BCUT2D eigenvalue weighted by molar-refractivity contribution is 6.03. The molecule has 5 rings (SSSR count). The Kier molecular flexibility index (Phi) is 6.53. The monoisotopic (exact) mass is 403 g/mol. The van der Waals surface area contributed by atoms with Crippen molar-refractivity contribution in [3.05, 3.63) is 65.7 Å². The fourth-order valence-corrected chi connectivity index (χ4v) is 5.02. The van der Waals surface area contributed by atoms with E-state index in [1.807, 2.05) is 18.2 Å². The van der Waals surface area contributed by atoms with Gasteiger partial charge in [-0.1, -0.05) is 36.4 Å². The van der Waals surface area contributed by atoms with E-state index in [1.165, 1.54) is 44.2 Å². The summed E-state index contributed by atoms with van der Waals surface area (Å²) in [7, 11) is 2.22. The van der Waals surface area contributed by atoms with Crippen LogP contribution in [0.5, 0.6) is 0 Å². The highest BCUT2D eigenvalue weighted by atomic mass is 16.1. The van der Waals surface area contributed by atoms with E-state index in [2.05, 4.69) is 41.5 Å². The lowest BCUT2D eigenvalue weighted by atomic mass is 9.61. The average Bonchev–Trinajstić information content (AvgIpc) is 2.73. The fraction of sp³-hybridized carbons (Fsp3) is 0.423. The number of fused-ring (bicyclic) bond motifs is 2. The van der Waals surface area contributed by atoms with Crippen molar-refractivity contribution in [2.45, 2.75) is 38.6 Å². The van der Waals surface area contributed by atoms with Crippen LogP contribution in [0.3, 0.4) is 0 Å². The fourth-order valence-electron chi connectivity index (χ4n) is 5.02. The van der Waals surface area contributed by atoms with Gasteiger partial charge in [-0.25, -0.2) is 0 Å². The molecule has 3 N–H and O–H groups in total. The molecule has 1 amide bonds. The zero-order valence-corrected chi connectivity index (χ0v) is 17.9. The van der Waals surface area contributed by atoms with Crippen molar-refractivity contribution in [1.82, 2.24) is 4.90 Å². The van der Waals surface area contributed by atoms with Crippen LogP contribution >= 0.6 is 0 Å². The molecule has 0 atom stereocenters. The Morgan fingerprint density at radius 1 is 1.07 bits per heavy atom. The standard InChI is InChI=1S/C26H33N3O/c1-29(13-12-21-14-22-16-23(15-21)17-22)18-20-8-6-19(7-9-20)10-11-26(30)28-25-5-3-2-4-24(25)27/h2-11,21-23H,12-18,27H2,1H3,(H,28,30)/b11-10+. The Labute approximate surface area is 180 Å². The van der Waals surface area contributed by atoms with Crippen molar-refractivity contribution >= 4 is 23.4 Å². The molecule has 3 aliphatic carbocycles. The lowest BCUT2D eigenvalue weighted by molar-refractivity contribution is -0.111. The van der Waals surface area contributed by atoms with Crippen LogP contribution in [-0.2, 0) is 11.3 Å². The third kappa shape index (κ3) is 5.51. The summed E-state index contributed by atoms with van der Waals surface area (Å²) in [4.78, 5) is 14.5.